The molecule has 2 aromatic rings. The number of aromatic nitrogens is 2. The van der Waals surface area contributed by atoms with E-state index >= 15 is 0 Å². The summed E-state index contributed by atoms with van der Waals surface area (Å²) in [4.78, 5) is 35.9. The zero-order chi connectivity index (χ0) is 17.5. The lowest BCUT2D eigenvalue weighted by Gasteiger charge is -2.08. The number of carbonyl (C=O) groups is 3. The number of hydrogen-bond donors (Lipinski definition) is 1. The third-order valence-electron chi connectivity index (χ3n) is 3.01. The summed E-state index contributed by atoms with van der Waals surface area (Å²) in [5, 5.41) is 5.93. The topological polar surface area (TPSA) is 107 Å². The molecule has 0 bridgehead atoms. The van der Waals surface area contributed by atoms with Gasteiger partial charge in [-0.05, 0) is 30.1 Å². The van der Waals surface area contributed by atoms with E-state index in [1.807, 2.05) is 6.92 Å². The van der Waals surface area contributed by atoms with Crippen molar-refractivity contribution in [3.05, 3.63) is 40.4 Å². The predicted molar refractivity (Wildman–Crippen MR) is 85.0 cm³/mol. The zero-order valence-electron chi connectivity index (χ0n) is 13.1. The van der Waals surface area contributed by atoms with Gasteiger partial charge in [-0.2, -0.15) is 0 Å². The van der Waals surface area contributed by atoms with Gasteiger partial charge in [-0.3, -0.25) is 14.9 Å². The summed E-state index contributed by atoms with van der Waals surface area (Å²) in [7, 11) is 1.42. The number of ether oxygens (including phenoxy) is 2. The van der Waals surface area contributed by atoms with Crippen molar-refractivity contribution in [2.45, 2.75) is 13.3 Å². The standard InChI is InChI=1S/C15H15N3O5S/c1-3-10-13(24-18-17-10)15(21)23-8-12(19)16-14(20)9-6-4-5-7-11(9)22-2/h4-7H,3,8H2,1-2H3,(H,16,19,20). The molecule has 2 amide bonds. The van der Waals surface area contributed by atoms with Crippen LogP contribution >= 0.6 is 11.5 Å². The maximum Gasteiger partial charge on any atom is 0.352 e. The van der Waals surface area contributed by atoms with Gasteiger partial charge in [0, 0.05) is 0 Å². The van der Waals surface area contributed by atoms with Crippen LogP contribution in [-0.2, 0) is 16.0 Å². The predicted octanol–water partition coefficient (Wildman–Crippen LogP) is 1.22. The monoisotopic (exact) mass is 349 g/mol. The first kappa shape index (κ1) is 17.5. The highest BCUT2D eigenvalue weighted by atomic mass is 32.1. The van der Waals surface area contributed by atoms with E-state index in [0.717, 1.165) is 11.5 Å². The van der Waals surface area contributed by atoms with E-state index in [0.29, 0.717) is 17.9 Å². The molecule has 0 unspecified atom stereocenters. The highest BCUT2D eigenvalue weighted by Crippen LogP contribution is 2.17. The number of nitrogens with one attached hydrogen (secondary N) is 1. The quantitative estimate of drug-likeness (QED) is 0.781. The second-order valence-corrected chi connectivity index (χ2v) is 5.31. The summed E-state index contributed by atoms with van der Waals surface area (Å²) in [5.74, 6) is -1.73. The average molecular weight is 349 g/mol. The van der Waals surface area contributed by atoms with Crippen molar-refractivity contribution in [2.24, 2.45) is 0 Å². The number of carbonyl (C=O) groups excluding carboxylic acids is 3. The fourth-order valence-corrected chi connectivity index (χ4v) is 2.50. The van der Waals surface area contributed by atoms with Gasteiger partial charge in [-0.1, -0.05) is 23.5 Å². The van der Waals surface area contributed by atoms with Crippen LogP contribution in [0, 0.1) is 0 Å². The zero-order valence-corrected chi connectivity index (χ0v) is 13.9. The Morgan fingerprint density at radius 1 is 1.25 bits per heavy atom. The Labute approximate surface area is 141 Å². The van der Waals surface area contributed by atoms with Crippen LogP contribution in [0.5, 0.6) is 5.75 Å². The van der Waals surface area contributed by atoms with Gasteiger partial charge in [0.1, 0.15) is 5.75 Å². The van der Waals surface area contributed by atoms with E-state index in [1.165, 1.54) is 13.2 Å². The van der Waals surface area contributed by atoms with Gasteiger partial charge < -0.3 is 9.47 Å². The number of nitrogens with zero attached hydrogens (tertiary/aromatic N) is 2. The van der Waals surface area contributed by atoms with Gasteiger partial charge in [-0.25, -0.2) is 4.79 Å². The highest BCUT2D eigenvalue weighted by molar-refractivity contribution is 7.07. The van der Waals surface area contributed by atoms with E-state index in [4.69, 9.17) is 9.47 Å². The molecule has 1 aromatic carbocycles. The number of amides is 2. The Bertz CT molecular complexity index is 759. The van der Waals surface area contributed by atoms with Crippen molar-refractivity contribution in [2.75, 3.05) is 13.7 Å². The van der Waals surface area contributed by atoms with Crippen LogP contribution in [-0.4, -0.2) is 41.1 Å². The van der Waals surface area contributed by atoms with E-state index in [1.54, 1.807) is 18.2 Å². The number of esters is 1. The van der Waals surface area contributed by atoms with E-state index in [-0.39, 0.29) is 10.4 Å². The SMILES string of the molecule is CCc1nnsc1C(=O)OCC(=O)NC(=O)c1ccccc1OC. The normalized spacial score (nSPS) is 10.1. The molecule has 0 radical (unpaired) electrons. The van der Waals surface area contributed by atoms with Crippen molar-refractivity contribution in [1.82, 2.24) is 14.9 Å². The van der Waals surface area contributed by atoms with Crippen molar-refractivity contribution in [3.8, 4) is 5.75 Å². The van der Waals surface area contributed by atoms with Crippen LogP contribution in [0.15, 0.2) is 24.3 Å². The first-order chi connectivity index (χ1) is 11.6. The second kappa shape index (κ2) is 8.16. The number of hydrogen-bond acceptors (Lipinski definition) is 8. The molecule has 0 atom stereocenters. The van der Waals surface area contributed by atoms with Crippen LogP contribution in [0.2, 0.25) is 0 Å². The summed E-state index contributed by atoms with van der Waals surface area (Å²) >= 11 is 0.899. The molecular formula is C15H15N3O5S. The number of para-hydroxylation sites is 1. The van der Waals surface area contributed by atoms with E-state index in [2.05, 4.69) is 14.9 Å². The summed E-state index contributed by atoms with van der Waals surface area (Å²) < 4.78 is 13.6. The highest BCUT2D eigenvalue weighted by Gasteiger charge is 2.19. The maximum atomic E-state index is 12.0. The third kappa shape index (κ3) is 4.13. The summed E-state index contributed by atoms with van der Waals surface area (Å²) in [6.45, 7) is 1.24. The van der Waals surface area contributed by atoms with Crippen LogP contribution < -0.4 is 10.1 Å². The molecule has 0 aliphatic heterocycles. The van der Waals surface area contributed by atoms with Crippen LogP contribution in [0.25, 0.3) is 0 Å². The lowest BCUT2D eigenvalue weighted by molar-refractivity contribution is -0.123. The average Bonchev–Trinajstić information content (AvgIpc) is 3.08. The van der Waals surface area contributed by atoms with Crippen molar-refractivity contribution >= 4 is 29.3 Å². The van der Waals surface area contributed by atoms with Gasteiger partial charge in [-0.15, -0.1) is 5.10 Å². The number of rotatable bonds is 6. The van der Waals surface area contributed by atoms with E-state index < -0.39 is 24.4 Å². The molecule has 1 N–H and O–H groups in total. The molecule has 126 valence electrons. The van der Waals surface area contributed by atoms with E-state index in [9.17, 15) is 14.4 Å². The second-order valence-electron chi connectivity index (χ2n) is 4.56. The van der Waals surface area contributed by atoms with Crippen LogP contribution in [0.1, 0.15) is 32.6 Å². The molecular weight excluding hydrogens is 334 g/mol. The minimum atomic E-state index is -0.741. The minimum Gasteiger partial charge on any atom is -0.496 e. The van der Waals surface area contributed by atoms with Gasteiger partial charge >= 0.3 is 5.97 Å². The molecule has 24 heavy (non-hydrogen) atoms. The number of aryl methyl sites for hydroxylation is 1. The lowest BCUT2D eigenvalue weighted by Crippen LogP contribution is -2.34. The fraction of sp³-hybridized carbons (Fsp3) is 0.267. The maximum absolute atomic E-state index is 12.0. The molecule has 0 fully saturated rings. The van der Waals surface area contributed by atoms with Crippen LogP contribution in [0.4, 0.5) is 0 Å². The Morgan fingerprint density at radius 3 is 2.71 bits per heavy atom. The molecule has 0 saturated heterocycles. The molecule has 9 heteroatoms. The van der Waals surface area contributed by atoms with Gasteiger partial charge in [0.05, 0.1) is 18.4 Å². The Morgan fingerprint density at radius 2 is 2.00 bits per heavy atom. The molecule has 0 saturated carbocycles. The molecule has 1 aromatic heterocycles. The molecule has 2 rings (SSSR count). The fourth-order valence-electron chi connectivity index (χ4n) is 1.85. The molecule has 0 spiro atoms. The van der Waals surface area contributed by atoms with Gasteiger partial charge in [0.2, 0.25) is 0 Å². The Hall–Kier alpha value is -2.81. The number of methoxy groups -OCH3 is 1. The molecule has 8 nitrogen and oxygen atoms in total. The Kier molecular flexibility index (Phi) is 5.96. The number of imide groups is 1. The lowest BCUT2D eigenvalue weighted by atomic mass is 10.2. The molecule has 1 heterocycles. The largest absolute Gasteiger partial charge is 0.496 e. The first-order valence-corrected chi connectivity index (χ1v) is 7.79. The van der Waals surface area contributed by atoms with Crippen molar-refractivity contribution in [3.63, 3.8) is 0 Å². The summed E-state index contributed by atoms with van der Waals surface area (Å²) in [6.07, 6.45) is 0.527. The van der Waals surface area contributed by atoms with Gasteiger partial charge in [0.25, 0.3) is 11.8 Å². The Balaban J connectivity index is 1.91. The van der Waals surface area contributed by atoms with Gasteiger partial charge in [0.15, 0.2) is 11.5 Å². The summed E-state index contributed by atoms with van der Waals surface area (Å²) in [5.41, 5.74) is 0.718. The molecule has 0 aliphatic rings. The smallest absolute Gasteiger partial charge is 0.352 e. The van der Waals surface area contributed by atoms with Crippen molar-refractivity contribution in [1.29, 1.82) is 0 Å². The number of benzene rings is 1. The van der Waals surface area contributed by atoms with Crippen molar-refractivity contribution < 1.29 is 23.9 Å². The molecule has 0 aliphatic carbocycles. The third-order valence-corrected chi connectivity index (χ3v) is 3.76. The van der Waals surface area contributed by atoms with Crippen LogP contribution in [0.3, 0.4) is 0 Å². The first-order valence-electron chi connectivity index (χ1n) is 7.02. The minimum absolute atomic E-state index is 0.208. The summed E-state index contributed by atoms with van der Waals surface area (Å²) in [6, 6.07) is 6.46.